The van der Waals surface area contributed by atoms with Crippen LogP contribution in [0, 0.1) is 10.1 Å². The fourth-order valence-electron chi connectivity index (χ4n) is 2.24. The second-order valence-electron chi connectivity index (χ2n) is 5.33. The number of benzene rings is 2. The number of hydrogen-bond acceptors (Lipinski definition) is 5. The molecule has 2 aromatic carbocycles. The SMILES string of the molecule is O=C(Nc1ccccc1[N+](=O)[O-])c1ccc(COc2cccc(Cl)c2Cl)o1. The molecule has 27 heavy (non-hydrogen) atoms. The molecule has 7 nitrogen and oxygen atoms in total. The monoisotopic (exact) mass is 406 g/mol. The zero-order valence-corrected chi connectivity index (χ0v) is 15.2. The molecule has 0 saturated heterocycles. The normalized spacial score (nSPS) is 10.4. The van der Waals surface area contributed by atoms with E-state index in [2.05, 4.69) is 5.32 Å². The van der Waals surface area contributed by atoms with Crippen LogP contribution in [0.3, 0.4) is 0 Å². The number of nitrogens with zero attached hydrogens (tertiary/aromatic N) is 1. The number of carbonyl (C=O) groups excluding carboxylic acids is 1. The quantitative estimate of drug-likeness (QED) is 0.441. The average molecular weight is 407 g/mol. The third-order valence-electron chi connectivity index (χ3n) is 3.52. The lowest BCUT2D eigenvalue weighted by Crippen LogP contribution is -2.12. The molecule has 0 bridgehead atoms. The minimum Gasteiger partial charge on any atom is -0.484 e. The van der Waals surface area contributed by atoms with Gasteiger partial charge in [0.15, 0.2) is 5.76 Å². The molecule has 0 unspecified atom stereocenters. The van der Waals surface area contributed by atoms with Gasteiger partial charge in [-0.2, -0.15) is 0 Å². The van der Waals surface area contributed by atoms with E-state index in [1.807, 2.05) is 0 Å². The summed E-state index contributed by atoms with van der Waals surface area (Å²) in [5.74, 6) is 0.130. The van der Waals surface area contributed by atoms with Crippen LogP contribution in [-0.4, -0.2) is 10.8 Å². The van der Waals surface area contributed by atoms with E-state index in [-0.39, 0.29) is 28.8 Å². The second kappa shape index (κ2) is 8.11. The van der Waals surface area contributed by atoms with Crippen molar-refractivity contribution in [3.05, 3.63) is 86.3 Å². The fourth-order valence-corrected chi connectivity index (χ4v) is 2.59. The zero-order chi connectivity index (χ0) is 19.4. The third kappa shape index (κ3) is 4.39. The summed E-state index contributed by atoms with van der Waals surface area (Å²) in [5.41, 5.74) is -0.135. The number of anilines is 1. The van der Waals surface area contributed by atoms with Gasteiger partial charge in [-0.15, -0.1) is 0 Å². The van der Waals surface area contributed by atoms with Crippen molar-refractivity contribution < 1.29 is 18.9 Å². The van der Waals surface area contributed by atoms with Crippen molar-refractivity contribution in [2.24, 2.45) is 0 Å². The predicted octanol–water partition coefficient (Wildman–Crippen LogP) is 5.33. The van der Waals surface area contributed by atoms with Crippen LogP contribution >= 0.6 is 23.2 Å². The van der Waals surface area contributed by atoms with E-state index < -0.39 is 10.8 Å². The first kappa shape index (κ1) is 18.8. The van der Waals surface area contributed by atoms with Crippen molar-refractivity contribution in [3.8, 4) is 5.75 Å². The summed E-state index contributed by atoms with van der Waals surface area (Å²) in [6.45, 7) is 0.0266. The molecule has 9 heteroatoms. The topological polar surface area (TPSA) is 94.6 Å². The minimum atomic E-state index is -0.615. The van der Waals surface area contributed by atoms with Crippen molar-refractivity contribution in [1.82, 2.24) is 0 Å². The Morgan fingerprint density at radius 1 is 1.11 bits per heavy atom. The van der Waals surface area contributed by atoms with Gasteiger partial charge in [-0.05, 0) is 30.3 Å². The summed E-state index contributed by atoms with van der Waals surface area (Å²) < 4.78 is 11.0. The van der Waals surface area contributed by atoms with Gasteiger partial charge in [0.2, 0.25) is 0 Å². The van der Waals surface area contributed by atoms with Crippen LogP contribution in [0.25, 0.3) is 0 Å². The third-order valence-corrected chi connectivity index (χ3v) is 4.32. The molecule has 1 amide bonds. The van der Waals surface area contributed by atoms with Gasteiger partial charge < -0.3 is 14.5 Å². The Morgan fingerprint density at radius 2 is 1.89 bits per heavy atom. The summed E-state index contributed by atoms with van der Waals surface area (Å²) in [7, 11) is 0. The summed E-state index contributed by atoms with van der Waals surface area (Å²) in [6, 6.07) is 13.8. The van der Waals surface area contributed by atoms with Crippen molar-refractivity contribution in [1.29, 1.82) is 0 Å². The highest BCUT2D eigenvalue weighted by atomic mass is 35.5. The molecule has 0 aliphatic carbocycles. The smallest absolute Gasteiger partial charge is 0.292 e. The summed E-state index contributed by atoms with van der Waals surface area (Å²) in [4.78, 5) is 22.7. The van der Waals surface area contributed by atoms with E-state index in [4.69, 9.17) is 32.4 Å². The molecule has 1 N–H and O–H groups in total. The molecular formula is C18H12Cl2N2O5. The zero-order valence-electron chi connectivity index (χ0n) is 13.6. The molecule has 0 aliphatic rings. The molecular weight excluding hydrogens is 395 g/mol. The van der Waals surface area contributed by atoms with Crippen LogP contribution in [0.2, 0.25) is 10.0 Å². The van der Waals surface area contributed by atoms with Crippen LogP contribution in [-0.2, 0) is 6.61 Å². The van der Waals surface area contributed by atoms with Gasteiger partial charge >= 0.3 is 0 Å². The fraction of sp³-hybridized carbons (Fsp3) is 0.0556. The van der Waals surface area contributed by atoms with Crippen LogP contribution in [0.4, 0.5) is 11.4 Å². The maximum absolute atomic E-state index is 12.3. The Labute approximate surface area is 163 Å². The standard InChI is InChI=1S/C18H12Cl2N2O5/c19-12-4-3-7-15(17(12)20)26-10-11-8-9-16(27-11)18(23)21-13-5-1-2-6-14(13)22(24)25/h1-9H,10H2,(H,21,23). The van der Waals surface area contributed by atoms with Gasteiger partial charge in [-0.1, -0.05) is 41.4 Å². The van der Waals surface area contributed by atoms with Crippen LogP contribution in [0.5, 0.6) is 5.75 Å². The number of nitro benzene ring substituents is 1. The second-order valence-corrected chi connectivity index (χ2v) is 6.12. The molecule has 0 spiro atoms. The number of furan rings is 1. The van der Waals surface area contributed by atoms with Gasteiger partial charge in [-0.25, -0.2) is 0 Å². The molecule has 0 radical (unpaired) electrons. The first-order valence-electron chi connectivity index (χ1n) is 7.66. The first-order chi connectivity index (χ1) is 13.0. The van der Waals surface area contributed by atoms with Gasteiger partial charge in [0.05, 0.1) is 9.95 Å². The Morgan fingerprint density at radius 3 is 2.67 bits per heavy atom. The van der Waals surface area contributed by atoms with Crippen molar-refractivity contribution in [2.45, 2.75) is 6.61 Å². The van der Waals surface area contributed by atoms with Crippen molar-refractivity contribution >= 4 is 40.5 Å². The average Bonchev–Trinajstić information content (AvgIpc) is 3.12. The lowest BCUT2D eigenvalue weighted by molar-refractivity contribution is -0.383. The van der Waals surface area contributed by atoms with Gasteiger partial charge in [0.25, 0.3) is 11.6 Å². The summed E-state index contributed by atoms with van der Waals surface area (Å²) in [5, 5.41) is 14.1. The van der Waals surface area contributed by atoms with Crippen LogP contribution in [0.1, 0.15) is 16.3 Å². The number of halogens is 2. The van der Waals surface area contributed by atoms with E-state index in [1.54, 1.807) is 30.3 Å². The lowest BCUT2D eigenvalue weighted by Gasteiger charge is -2.07. The summed E-state index contributed by atoms with van der Waals surface area (Å²) >= 11 is 12.0. The van der Waals surface area contributed by atoms with E-state index in [1.165, 1.54) is 24.3 Å². The Balaban J connectivity index is 1.68. The Bertz CT molecular complexity index is 1000. The Hall–Kier alpha value is -3.03. The predicted molar refractivity (Wildman–Crippen MR) is 101 cm³/mol. The largest absolute Gasteiger partial charge is 0.484 e. The molecule has 3 rings (SSSR count). The highest BCUT2D eigenvalue weighted by molar-refractivity contribution is 6.42. The number of nitrogens with one attached hydrogen (secondary N) is 1. The van der Waals surface area contributed by atoms with E-state index in [9.17, 15) is 14.9 Å². The highest BCUT2D eigenvalue weighted by Gasteiger charge is 2.18. The molecule has 0 atom stereocenters. The van der Waals surface area contributed by atoms with Gasteiger partial charge in [-0.3, -0.25) is 14.9 Å². The van der Waals surface area contributed by atoms with E-state index >= 15 is 0 Å². The number of hydrogen-bond donors (Lipinski definition) is 1. The number of carbonyl (C=O) groups is 1. The molecule has 0 fully saturated rings. The molecule has 3 aromatic rings. The maximum Gasteiger partial charge on any atom is 0.292 e. The minimum absolute atomic E-state index is 0.0102. The number of rotatable bonds is 6. The molecule has 138 valence electrons. The molecule has 1 heterocycles. The summed E-state index contributed by atoms with van der Waals surface area (Å²) in [6.07, 6.45) is 0. The number of ether oxygens (including phenoxy) is 1. The van der Waals surface area contributed by atoms with Gasteiger partial charge in [0, 0.05) is 6.07 Å². The van der Waals surface area contributed by atoms with Crippen LogP contribution in [0.15, 0.2) is 59.0 Å². The van der Waals surface area contributed by atoms with Gasteiger partial charge in [0.1, 0.15) is 28.8 Å². The van der Waals surface area contributed by atoms with E-state index in [0.717, 1.165) is 0 Å². The number of amides is 1. The molecule has 0 saturated carbocycles. The molecule has 1 aromatic heterocycles. The number of para-hydroxylation sites is 2. The van der Waals surface area contributed by atoms with Crippen molar-refractivity contribution in [2.75, 3.05) is 5.32 Å². The Kier molecular flexibility index (Phi) is 5.63. The number of nitro groups is 1. The van der Waals surface area contributed by atoms with E-state index in [0.29, 0.717) is 16.5 Å². The highest BCUT2D eigenvalue weighted by Crippen LogP contribution is 2.32. The maximum atomic E-state index is 12.3. The first-order valence-corrected chi connectivity index (χ1v) is 8.41. The van der Waals surface area contributed by atoms with Crippen molar-refractivity contribution in [3.63, 3.8) is 0 Å². The molecule has 0 aliphatic heterocycles. The lowest BCUT2D eigenvalue weighted by atomic mass is 10.2. The van der Waals surface area contributed by atoms with Crippen LogP contribution < -0.4 is 10.1 Å².